The molecule has 1 heterocycles. The number of thioether (sulfide) groups is 1. The van der Waals surface area contributed by atoms with Gasteiger partial charge in [-0.15, -0.1) is 0 Å². The van der Waals surface area contributed by atoms with Gasteiger partial charge in [0.2, 0.25) is 0 Å². The van der Waals surface area contributed by atoms with Crippen molar-refractivity contribution >= 4 is 46.5 Å². The van der Waals surface area contributed by atoms with E-state index in [0.29, 0.717) is 5.16 Å². The first-order valence-electron chi connectivity index (χ1n) is 5.52. The zero-order chi connectivity index (χ0) is 15.6. The predicted octanol–water partition coefficient (Wildman–Crippen LogP) is 5.27. The Bertz CT molecular complexity index is 665. The molecule has 0 aliphatic carbocycles. The quantitative estimate of drug-likeness (QED) is 0.463. The van der Waals surface area contributed by atoms with Crippen LogP contribution in [-0.2, 0) is 6.18 Å². The average Bonchev–Trinajstić information content (AvgIpc) is 2.39. The highest BCUT2D eigenvalue weighted by Gasteiger charge is 2.31. The van der Waals surface area contributed by atoms with Crippen LogP contribution in [0, 0.1) is 0 Å². The van der Waals surface area contributed by atoms with Crippen molar-refractivity contribution < 1.29 is 13.2 Å². The van der Waals surface area contributed by atoms with E-state index in [1.807, 2.05) is 0 Å². The van der Waals surface area contributed by atoms with Crippen LogP contribution in [0.5, 0.6) is 0 Å². The molecular weight excluding hydrogens is 346 g/mol. The Labute approximate surface area is 132 Å². The van der Waals surface area contributed by atoms with Crippen molar-refractivity contribution in [1.29, 1.82) is 0 Å². The lowest BCUT2D eigenvalue weighted by atomic mass is 10.2. The molecule has 0 saturated heterocycles. The first-order chi connectivity index (χ1) is 9.79. The van der Waals surface area contributed by atoms with Crippen LogP contribution < -0.4 is 5.32 Å². The zero-order valence-electron chi connectivity index (χ0n) is 10.5. The summed E-state index contributed by atoms with van der Waals surface area (Å²) >= 11 is 13.0. The molecule has 0 saturated carbocycles. The number of rotatable bonds is 3. The Morgan fingerprint density at radius 2 is 1.86 bits per heavy atom. The highest BCUT2D eigenvalue weighted by Crippen LogP contribution is 2.35. The van der Waals surface area contributed by atoms with Crippen LogP contribution in [0.15, 0.2) is 29.4 Å². The molecule has 2 aromatic rings. The second-order valence-corrected chi connectivity index (χ2v) is 5.45. The molecule has 9 heteroatoms. The lowest BCUT2D eigenvalue weighted by Gasteiger charge is -2.12. The van der Waals surface area contributed by atoms with Gasteiger partial charge in [0, 0.05) is 6.07 Å². The number of nitrogens with one attached hydrogen (secondary N) is 1. The summed E-state index contributed by atoms with van der Waals surface area (Å²) in [5.74, 6) is 0.264. The van der Waals surface area contributed by atoms with Crippen LogP contribution in [0.25, 0.3) is 0 Å². The van der Waals surface area contributed by atoms with E-state index in [1.54, 1.807) is 6.26 Å². The lowest BCUT2D eigenvalue weighted by molar-refractivity contribution is -0.137. The van der Waals surface area contributed by atoms with E-state index in [4.69, 9.17) is 23.2 Å². The van der Waals surface area contributed by atoms with Crippen LogP contribution in [0.3, 0.4) is 0 Å². The van der Waals surface area contributed by atoms with Gasteiger partial charge in [-0.25, -0.2) is 9.97 Å². The molecular formula is C12H8Cl2F3N3S. The van der Waals surface area contributed by atoms with Crippen molar-refractivity contribution in [3.8, 4) is 0 Å². The Hall–Kier alpha value is -1.18. The fourth-order valence-corrected chi connectivity index (χ4v) is 2.27. The van der Waals surface area contributed by atoms with Crippen LogP contribution in [0.4, 0.5) is 24.7 Å². The van der Waals surface area contributed by atoms with Gasteiger partial charge < -0.3 is 5.32 Å². The van der Waals surface area contributed by atoms with Crippen molar-refractivity contribution in [3.05, 3.63) is 40.0 Å². The van der Waals surface area contributed by atoms with Crippen LogP contribution in [-0.4, -0.2) is 16.2 Å². The lowest BCUT2D eigenvalue weighted by Crippen LogP contribution is -2.06. The number of hydrogen-bond donors (Lipinski definition) is 1. The largest absolute Gasteiger partial charge is 0.416 e. The minimum Gasteiger partial charge on any atom is -0.339 e. The number of anilines is 2. The van der Waals surface area contributed by atoms with Gasteiger partial charge in [-0.05, 0) is 24.5 Å². The van der Waals surface area contributed by atoms with Gasteiger partial charge in [0.15, 0.2) is 5.16 Å². The van der Waals surface area contributed by atoms with Crippen molar-refractivity contribution in [1.82, 2.24) is 9.97 Å². The van der Waals surface area contributed by atoms with Crippen molar-refractivity contribution in [2.24, 2.45) is 0 Å². The topological polar surface area (TPSA) is 37.8 Å². The smallest absolute Gasteiger partial charge is 0.339 e. The van der Waals surface area contributed by atoms with E-state index in [9.17, 15) is 13.2 Å². The first-order valence-corrected chi connectivity index (χ1v) is 7.50. The maximum atomic E-state index is 12.7. The normalized spacial score (nSPS) is 11.5. The molecule has 1 N–H and O–H groups in total. The average molecular weight is 354 g/mol. The summed E-state index contributed by atoms with van der Waals surface area (Å²) in [5.41, 5.74) is -0.715. The summed E-state index contributed by atoms with van der Waals surface area (Å²) in [4.78, 5) is 8.03. The molecule has 112 valence electrons. The summed E-state index contributed by atoms with van der Waals surface area (Å²) in [6.45, 7) is 0. The maximum Gasteiger partial charge on any atom is 0.416 e. The second kappa shape index (κ2) is 6.29. The molecule has 3 nitrogen and oxygen atoms in total. The van der Waals surface area contributed by atoms with Crippen molar-refractivity contribution in [2.75, 3.05) is 11.6 Å². The fraction of sp³-hybridized carbons (Fsp3) is 0.167. The summed E-state index contributed by atoms with van der Waals surface area (Å²) in [6, 6.07) is 4.40. The standard InChI is InChI=1S/C12H8Cl2F3N3S/c1-21-11-19-9(14)5-10(20-11)18-8-4-6(12(15,16)17)2-3-7(8)13/h2-5H,1H3,(H,18,19,20). The molecule has 0 amide bonds. The number of hydrogen-bond acceptors (Lipinski definition) is 4. The molecule has 0 bridgehead atoms. The molecule has 0 fully saturated rings. The third kappa shape index (κ3) is 4.15. The van der Waals surface area contributed by atoms with Gasteiger partial charge in [0.1, 0.15) is 11.0 Å². The molecule has 1 aromatic heterocycles. The van der Waals surface area contributed by atoms with Gasteiger partial charge in [-0.1, -0.05) is 35.0 Å². The Balaban J connectivity index is 2.37. The van der Waals surface area contributed by atoms with Gasteiger partial charge in [-0.3, -0.25) is 0 Å². The van der Waals surface area contributed by atoms with Gasteiger partial charge in [0.25, 0.3) is 0 Å². The van der Waals surface area contributed by atoms with E-state index in [-0.39, 0.29) is 21.7 Å². The Kier molecular flexibility index (Phi) is 4.85. The monoisotopic (exact) mass is 353 g/mol. The zero-order valence-corrected chi connectivity index (χ0v) is 12.8. The SMILES string of the molecule is CSc1nc(Cl)cc(Nc2cc(C(F)(F)F)ccc2Cl)n1. The van der Waals surface area contributed by atoms with Crippen LogP contribution in [0.1, 0.15) is 5.56 Å². The van der Waals surface area contributed by atoms with E-state index in [1.165, 1.54) is 23.9 Å². The third-order valence-electron chi connectivity index (χ3n) is 2.41. The number of alkyl halides is 3. The summed E-state index contributed by atoms with van der Waals surface area (Å²) < 4.78 is 38.1. The Morgan fingerprint density at radius 3 is 2.48 bits per heavy atom. The molecule has 1 aromatic carbocycles. The van der Waals surface area contributed by atoms with Crippen molar-refractivity contribution in [3.63, 3.8) is 0 Å². The highest BCUT2D eigenvalue weighted by atomic mass is 35.5. The minimum absolute atomic E-state index is 0.0910. The van der Waals surface area contributed by atoms with Gasteiger partial charge in [-0.2, -0.15) is 13.2 Å². The van der Waals surface area contributed by atoms with Gasteiger partial charge >= 0.3 is 6.18 Å². The molecule has 21 heavy (non-hydrogen) atoms. The number of aromatic nitrogens is 2. The minimum atomic E-state index is -4.45. The molecule has 0 aliphatic rings. The summed E-state index contributed by atoms with van der Waals surface area (Å²) in [5, 5.41) is 3.44. The summed E-state index contributed by atoms with van der Waals surface area (Å²) in [6.07, 6.45) is -2.69. The number of nitrogens with zero attached hydrogens (tertiary/aromatic N) is 2. The predicted molar refractivity (Wildman–Crippen MR) is 78.6 cm³/mol. The van der Waals surface area contributed by atoms with Crippen LogP contribution in [0.2, 0.25) is 10.2 Å². The number of halogens is 5. The molecule has 0 spiro atoms. The van der Waals surface area contributed by atoms with Crippen LogP contribution >= 0.6 is 35.0 Å². The molecule has 0 unspecified atom stereocenters. The molecule has 0 radical (unpaired) electrons. The van der Waals surface area contributed by atoms with E-state index in [2.05, 4.69) is 15.3 Å². The summed E-state index contributed by atoms with van der Waals surface area (Å²) in [7, 11) is 0. The van der Waals surface area contributed by atoms with Crippen molar-refractivity contribution in [2.45, 2.75) is 11.3 Å². The molecule has 2 rings (SSSR count). The highest BCUT2D eigenvalue weighted by molar-refractivity contribution is 7.98. The van der Waals surface area contributed by atoms with E-state index < -0.39 is 11.7 Å². The Morgan fingerprint density at radius 1 is 1.14 bits per heavy atom. The molecule has 0 atom stereocenters. The third-order valence-corrected chi connectivity index (χ3v) is 3.48. The van der Waals surface area contributed by atoms with E-state index in [0.717, 1.165) is 12.1 Å². The second-order valence-electron chi connectivity index (χ2n) is 3.88. The molecule has 0 aliphatic heterocycles. The van der Waals surface area contributed by atoms with Gasteiger partial charge in [0.05, 0.1) is 16.3 Å². The van der Waals surface area contributed by atoms with E-state index >= 15 is 0 Å². The fourth-order valence-electron chi connectivity index (χ4n) is 1.49. The number of benzene rings is 1. The first kappa shape index (κ1) is 16.2. The maximum absolute atomic E-state index is 12.7.